The average molecular weight is 380 g/mol. The molecule has 2 N–H and O–H groups in total. The Bertz CT molecular complexity index is 1000. The highest BCUT2D eigenvalue weighted by Gasteiger charge is 2.17. The second-order valence-corrected chi connectivity index (χ2v) is 6.14. The Balaban J connectivity index is 1.78. The third-order valence-corrected chi connectivity index (χ3v) is 4.29. The summed E-state index contributed by atoms with van der Waals surface area (Å²) in [4.78, 5) is 24.5. The lowest BCUT2D eigenvalue weighted by Gasteiger charge is -2.09. The lowest BCUT2D eigenvalue weighted by atomic mass is 10.2. The fourth-order valence-electron chi connectivity index (χ4n) is 2.47. The van der Waals surface area contributed by atoms with Crippen molar-refractivity contribution in [2.45, 2.75) is 0 Å². The van der Waals surface area contributed by atoms with Crippen molar-refractivity contribution in [3.63, 3.8) is 0 Å². The molecule has 0 aliphatic carbocycles. The molecule has 0 aliphatic heterocycles. The normalized spacial score (nSPS) is 10.7. The molecule has 0 fully saturated rings. The number of benzene rings is 2. The molecule has 0 saturated carbocycles. The molecule has 0 aliphatic rings. The minimum atomic E-state index is -0.781. The number of rotatable bonds is 2. The zero-order valence-electron chi connectivity index (χ0n) is 12.9. The quantitative estimate of drug-likeness (QED) is 0.526. The molecule has 1 aromatic heterocycles. The van der Waals surface area contributed by atoms with Gasteiger partial charge in [-0.25, -0.2) is 4.39 Å². The summed E-state index contributed by atoms with van der Waals surface area (Å²) in [6, 6.07) is 9.39. The highest BCUT2D eigenvalue weighted by atomic mass is 35.5. The summed E-state index contributed by atoms with van der Waals surface area (Å²) in [5, 5.41) is 0.525. The molecule has 0 bridgehead atoms. The predicted octanol–water partition coefficient (Wildman–Crippen LogP) is 3.70. The van der Waals surface area contributed by atoms with Gasteiger partial charge in [-0.1, -0.05) is 41.4 Å². The maximum Gasteiger partial charge on any atom is 0.271 e. The summed E-state index contributed by atoms with van der Waals surface area (Å²) in [5.41, 5.74) is 5.65. The molecule has 2 amide bonds. The van der Waals surface area contributed by atoms with Crippen LogP contribution in [-0.2, 0) is 7.05 Å². The van der Waals surface area contributed by atoms with Crippen LogP contribution in [0, 0.1) is 5.82 Å². The number of carbonyl (C=O) groups excluding carboxylic acids is 2. The van der Waals surface area contributed by atoms with E-state index in [1.165, 1.54) is 0 Å². The van der Waals surface area contributed by atoms with E-state index >= 15 is 0 Å². The van der Waals surface area contributed by atoms with Gasteiger partial charge in [-0.15, -0.1) is 0 Å². The van der Waals surface area contributed by atoms with Gasteiger partial charge in [0.15, 0.2) is 0 Å². The standard InChI is InChI=1S/C17H12Cl2FN3O2/c1-23-8-11(9-4-2-3-5-15(9)23)17(25)22-21-16(24)10-6-14(20)13(19)7-12(10)18/h2-8H,1H3,(H,21,24)(H,22,25). The first-order chi connectivity index (χ1) is 11.9. The van der Waals surface area contributed by atoms with Crippen LogP contribution in [0.5, 0.6) is 0 Å². The minimum Gasteiger partial charge on any atom is -0.350 e. The van der Waals surface area contributed by atoms with E-state index in [-0.39, 0.29) is 15.6 Å². The number of amides is 2. The number of hydrazine groups is 1. The molecule has 0 radical (unpaired) electrons. The SMILES string of the molecule is Cn1cc(C(=O)NNC(=O)c2cc(F)c(Cl)cc2Cl)c2ccccc21. The third-order valence-electron chi connectivity index (χ3n) is 3.69. The molecule has 8 heteroatoms. The van der Waals surface area contributed by atoms with Crippen molar-refractivity contribution in [1.82, 2.24) is 15.4 Å². The van der Waals surface area contributed by atoms with Gasteiger partial charge in [-0.3, -0.25) is 20.4 Å². The molecular weight excluding hydrogens is 368 g/mol. The third kappa shape index (κ3) is 3.31. The van der Waals surface area contributed by atoms with Gasteiger partial charge in [0.1, 0.15) is 5.82 Å². The summed E-state index contributed by atoms with van der Waals surface area (Å²) >= 11 is 11.5. The molecule has 25 heavy (non-hydrogen) atoms. The largest absolute Gasteiger partial charge is 0.350 e. The Morgan fingerprint density at radius 1 is 1.00 bits per heavy atom. The van der Waals surface area contributed by atoms with Gasteiger partial charge in [0.25, 0.3) is 11.8 Å². The minimum absolute atomic E-state index is 0.0247. The van der Waals surface area contributed by atoms with Crippen LogP contribution in [0.25, 0.3) is 10.9 Å². The number of halogens is 3. The van der Waals surface area contributed by atoms with E-state index in [1.807, 2.05) is 25.2 Å². The maximum absolute atomic E-state index is 13.5. The monoisotopic (exact) mass is 379 g/mol. The van der Waals surface area contributed by atoms with Crippen molar-refractivity contribution in [3.05, 3.63) is 69.6 Å². The Labute approximate surface area is 152 Å². The first kappa shape index (κ1) is 17.3. The molecule has 3 aromatic rings. The first-order valence-corrected chi connectivity index (χ1v) is 7.93. The van der Waals surface area contributed by atoms with E-state index in [9.17, 15) is 14.0 Å². The Kier molecular flexibility index (Phi) is 4.65. The van der Waals surface area contributed by atoms with Gasteiger partial charge < -0.3 is 4.57 Å². The first-order valence-electron chi connectivity index (χ1n) is 7.17. The summed E-state index contributed by atoms with van der Waals surface area (Å²) in [7, 11) is 1.81. The number of nitrogens with one attached hydrogen (secondary N) is 2. The smallest absolute Gasteiger partial charge is 0.271 e. The van der Waals surface area contributed by atoms with Crippen molar-refractivity contribution in [2.75, 3.05) is 0 Å². The zero-order chi connectivity index (χ0) is 18.1. The van der Waals surface area contributed by atoms with Gasteiger partial charge in [0.05, 0.1) is 21.2 Å². The average Bonchev–Trinajstić information content (AvgIpc) is 2.93. The van der Waals surface area contributed by atoms with Crippen LogP contribution in [0.1, 0.15) is 20.7 Å². The summed E-state index contributed by atoms with van der Waals surface area (Å²) in [6.45, 7) is 0. The van der Waals surface area contributed by atoms with Crippen LogP contribution in [-0.4, -0.2) is 16.4 Å². The fraction of sp³-hybridized carbons (Fsp3) is 0.0588. The number of nitrogens with zero attached hydrogens (tertiary/aromatic N) is 1. The highest BCUT2D eigenvalue weighted by molar-refractivity contribution is 6.36. The molecular formula is C17H12Cl2FN3O2. The number of aryl methyl sites for hydroxylation is 1. The number of para-hydroxylation sites is 1. The second-order valence-electron chi connectivity index (χ2n) is 5.33. The summed E-state index contributed by atoms with van der Waals surface area (Å²) in [5.74, 6) is -2.04. The summed E-state index contributed by atoms with van der Waals surface area (Å²) in [6.07, 6.45) is 1.65. The lowest BCUT2D eigenvalue weighted by molar-refractivity contribution is 0.0847. The molecule has 0 spiro atoms. The van der Waals surface area contributed by atoms with E-state index < -0.39 is 17.6 Å². The second kappa shape index (κ2) is 6.74. The van der Waals surface area contributed by atoms with Crippen molar-refractivity contribution >= 4 is 45.9 Å². The van der Waals surface area contributed by atoms with Gasteiger partial charge >= 0.3 is 0 Å². The van der Waals surface area contributed by atoms with Crippen LogP contribution < -0.4 is 10.9 Å². The van der Waals surface area contributed by atoms with E-state index in [1.54, 1.807) is 16.8 Å². The molecule has 0 saturated heterocycles. The number of hydrogen-bond donors (Lipinski definition) is 2. The van der Waals surface area contributed by atoms with Crippen molar-refractivity contribution in [2.24, 2.45) is 7.05 Å². The number of carbonyl (C=O) groups is 2. The predicted molar refractivity (Wildman–Crippen MR) is 94.3 cm³/mol. The van der Waals surface area contributed by atoms with Gasteiger partial charge in [0, 0.05) is 24.1 Å². The van der Waals surface area contributed by atoms with E-state index in [0.29, 0.717) is 5.56 Å². The maximum atomic E-state index is 13.5. The molecule has 0 atom stereocenters. The van der Waals surface area contributed by atoms with E-state index in [2.05, 4.69) is 10.9 Å². The number of aromatic nitrogens is 1. The van der Waals surface area contributed by atoms with Crippen LogP contribution in [0.2, 0.25) is 10.0 Å². The highest BCUT2D eigenvalue weighted by Crippen LogP contribution is 2.24. The zero-order valence-corrected chi connectivity index (χ0v) is 14.5. The molecule has 2 aromatic carbocycles. The molecule has 128 valence electrons. The topological polar surface area (TPSA) is 63.1 Å². The molecule has 0 unspecified atom stereocenters. The Morgan fingerprint density at radius 2 is 1.64 bits per heavy atom. The van der Waals surface area contributed by atoms with Crippen molar-refractivity contribution in [3.8, 4) is 0 Å². The van der Waals surface area contributed by atoms with E-state index in [0.717, 1.165) is 23.0 Å². The van der Waals surface area contributed by atoms with Crippen LogP contribution in [0.15, 0.2) is 42.6 Å². The van der Waals surface area contributed by atoms with Gasteiger partial charge in [-0.05, 0) is 18.2 Å². The van der Waals surface area contributed by atoms with Crippen molar-refractivity contribution in [1.29, 1.82) is 0 Å². The molecule has 1 heterocycles. The lowest BCUT2D eigenvalue weighted by Crippen LogP contribution is -2.41. The van der Waals surface area contributed by atoms with E-state index in [4.69, 9.17) is 23.2 Å². The Hall–Kier alpha value is -2.57. The summed E-state index contributed by atoms with van der Waals surface area (Å²) < 4.78 is 15.3. The number of hydrogen-bond acceptors (Lipinski definition) is 2. The van der Waals surface area contributed by atoms with Crippen molar-refractivity contribution < 1.29 is 14.0 Å². The van der Waals surface area contributed by atoms with Crippen LogP contribution in [0.4, 0.5) is 4.39 Å². The van der Waals surface area contributed by atoms with Crippen LogP contribution >= 0.6 is 23.2 Å². The Morgan fingerprint density at radius 3 is 2.36 bits per heavy atom. The van der Waals surface area contributed by atoms with Crippen LogP contribution in [0.3, 0.4) is 0 Å². The molecule has 3 rings (SSSR count). The van der Waals surface area contributed by atoms with Gasteiger partial charge in [0.2, 0.25) is 0 Å². The fourth-order valence-corrected chi connectivity index (χ4v) is 2.94. The van der Waals surface area contributed by atoms with Gasteiger partial charge in [-0.2, -0.15) is 0 Å². The number of fused-ring (bicyclic) bond motifs is 1. The molecule has 5 nitrogen and oxygen atoms in total.